The van der Waals surface area contributed by atoms with E-state index in [4.69, 9.17) is 4.74 Å². The molecular formula is C17H21N3O3S. The highest BCUT2D eigenvalue weighted by atomic mass is 32.1. The first-order valence-corrected chi connectivity index (χ1v) is 8.91. The molecule has 24 heavy (non-hydrogen) atoms. The van der Waals surface area contributed by atoms with Gasteiger partial charge in [-0.25, -0.2) is 4.68 Å². The van der Waals surface area contributed by atoms with Gasteiger partial charge in [-0.05, 0) is 44.2 Å². The van der Waals surface area contributed by atoms with Crippen LogP contribution in [0.3, 0.4) is 0 Å². The Hall–Kier alpha value is -1.99. The first kappa shape index (κ1) is 16.9. The van der Waals surface area contributed by atoms with Crippen LogP contribution in [0.2, 0.25) is 0 Å². The van der Waals surface area contributed by atoms with Crippen LogP contribution in [0.15, 0.2) is 34.4 Å². The molecule has 1 atom stereocenters. The second-order valence-electron chi connectivity index (χ2n) is 6.35. The van der Waals surface area contributed by atoms with Crippen LogP contribution in [0.25, 0.3) is 10.6 Å². The second kappa shape index (κ2) is 6.86. The zero-order chi connectivity index (χ0) is 17.2. The SMILES string of the molecule is CC(C)(C(=O)NCC1CCCO1)n1nc(-c2cccs2)ccc1=O. The van der Waals surface area contributed by atoms with Crippen LogP contribution in [0.1, 0.15) is 26.7 Å². The third-order valence-corrected chi connectivity index (χ3v) is 5.07. The average molecular weight is 347 g/mol. The fourth-order valence-electron chi connectivity index (χ4n) is 2.69. The van der Waals surface area contributed by atoms with Crippen molar-refractivity contribution in [2.45, 2.75) is 38.3 Å². The number of ether oxygens (including phenoxy) is 1. The molecule has 0 bridgehead atoms. The minimum absolute atomic E-state index is 0.0619. The van der Waals surface area contributed by atoms with Crippen molar-refractivity contribution in [3.05, 3.63) is 40.0 Å². The van der Waals surface area contributed by atoms with Crippen LogP contribution in [-0.2, 0) is 15.1 Å². The lowest BCUT2D eigenvalue weighted by atomic mass is 10.0. The number of hydrogen-bond acceptors (Lipinski definition) is 5. The van der Waals surface area contributed by atoms with E-state index in [0.717, 1.165) is 24.3 Å². The fraction of sp³-hybridized carbons (Fsp3) is 0.471. The van der Waals surface area contributed by atoms with E-state index in [1.54, 1.807) is 31.3 Å². The van der Waals surface area contributed by atoms with Crippen LogP contribution in [0, 0.1) is 0 Å². The van der Waals surface area contributed by atoms with Crippen molar-refractivity contribution in [1.82, 2.24) is 15.1 Å². The van der Waals surface area contributed by atoms with Gasteiger partial charge in [0.25, 0.3) is 5.56 Å². The van der Waals surface area contributed by atoms with Gasteiger partial charge in [0.05, 0.1) is 11.0 Å². The molecule has 1 unspecified atom stereocenters. The summed E-state index contributed by atoms with van der Waals surface area (Å²) in [5.74, 6) is -0.240. The van der Waals surface area contributed by atoms with Crippen LogP contribution >= 0.6 is 11.3 Å². The number of aromatic nitrogens is 2. The molecule has 0 aromatic carbocycles. The topological polar surface area (TPSA) is 73.2 Å². The lowest BCUT2D eigenvalue weighted by molar-refractivity contribution is -0.129. The zero-order valence-corrected chi connectivity index (χ0v) is 14.6. The van der Waals surface area contributed by atoms with E-state index in [1.807, 2.05) is 17.5 Å². The molecular weight excluding hydrogens is 326 g/mol. The number of carbonyl (C=O) groups excluding carboxylic acids is 1. The molecule has 128 valence electrons. The Balaban J connectivity index is 1.81. The van der Waals surface area contributed by atoms with Crippen molar-refractivity contribution in [2.24, 2.45) is 0 Å². The number of nitrogens with zero attached hydrogens (tertiary/aromatic N) is 2. The predicted molar refractivity (Wildman–Crippen MR) is 93.1 cm³/mol. The highest BCUT2D eigenvalue weighted by Crippen LogP contribution is 2.22. The van der Waals surface area contributed by atoms with Crippen molar-refractivity contribution < 1.29 is 9.53 Å². The molecule has 0 radical (unpaired) electrons. The largest absolute Gasteiger partial charge is 0.376 e. The summed E-state index contributed by atoms with van der Waals surface area (Å²) in [6.45, 7) is 4.60. The van der Waals surface area contributed by atoms with Crippen molar-refractivity contribution in [3.8, 4) is 10.6 Å². The van der Waals surface area contributed by atoms with Gasteiger partial charge in [0.1, 0.15) is 11.2 Å². The maximum atomic E-state index is 12.6. The molecule has 1 aliphatic rings. The van der Waals surface area contributed by atoms with Crippen molar-refractivity contribution in [3.63, 3.8) is 0 Å². The molecule has 3 rings (SSSR count). The zero-order valence-electron chi connectivity index (χ0n) is 13.8. The van der Waals surface area contributed by atoms with Gasteiger partial charge in [-0.3, -0.25) is 9.59 Å². The number of nitrogens with one attached hydrogen (secondary N) is 1. The molecule has 0 spiro atoms. The third kappa shape index (κ3) is 3.42. The van der Waals surface area contributed by atoms with Crippen molar-refractivity contribution >= 4 is 17.2 Å². The van der Waals surface area contributed by atoms with E-state index < -0.39 is 5.54 Å². The Labute approximate surface area is 144 Å². The minimum atomic E-state index is -1.08. The Morgan fingerprint density at radius 1 is 1.46 bits per heavy atom. The Kier molecular flexibility index (Phi) is 4.82. The number of amides is 1. The summed E-state index contributed by atoms with van der Waals surface area (Å²) in [6.07, 6.45) is 2.03. The molecule has 1 fully saturated rings. The molecule has 2 aromatic heterocycles. The van der Waals surface area contributed by atoms with Crippen LogP contribution < -0.4 is 10.9 Å². The summed E-state index contributed by atoms with van der Waals surface area (Å²) in [7, 11) is 0. The number of carbonyl (C=O) groups is 1. The normalized spacial score (nSPS) is 17.8. The van der Waals surface area contributed by atoms with E-state index in [-0.39, 0.29) is 17.6 Å². The fourth-order valence-corrected chi connectivity index (χ4v) is 3.38. The average Bonchev–Trinajstić information content (AvgIpc) is 3.26. The quantitative estimate of drug-likeness (QED) is 0.898. The van der Waals surface area contributed by atoms with Crippen molar-refractivity contribution in [1.29, 1.82) is 0 Å². The van der Waals surface area contributed by atoms with Crippen LogP contribution in [0.5, 0.6) is 0 Å². The van der Waals surface area contributed by atoms with E-state index in [0.29, 0.717) is 12.2 Å². The lowest BCUT2D eigenvalue weighted by Crippen LogP contribution is -2.51. The Morgan fingerprint density at radius 2 is 2.29 bits per heavy atom. The standard InChI is InChI=1S/C17H21N3O3S/c1-17(2,16(22)18-11-12-5-3-9-23-12)20-15(21)8-7-13(19-20)14-6-4-10-24-14/h4,6-8,10,12H,3,5,9,11H2,1-2H3,(H,18,22). The maximum Gasteiger partial charge on any atom is 0.267 e. The number of rotatable bonds is 5. The molecule has 2 aromatic rings. The lowest BCUT2D eigenvalue weighted by Gasteiger charge is -2.26. The van der Waals surface area contributed by atoms with Gasteiger partial charge in [-0.2, -0.15) is 5.10 Å². The molecule has 7 heteroatoms. The Bertz CT molecular complexity index is 762. The first-order valence-electron chi connectivity index (χ1n) is 8.03. The highest BCUT2D eigenvalue weighted by Gasteiger charge is 2.32. The molecule has 0 aliphatic carbocycles. The molecule has 1 N–H and O–H groups in total. The predicted octanol–water partition coefficient (Wildman–Crippen LogP) is 2.00. The summed E-state index contributed by atoms with van der Waals surface area (Å²) in [4.78, 5) is 25.8. The van der Waals surface area contributed by atoms with Crippen molar-refractivity contribution in [2.75, 3.05) is 13.2 Å². The van der Waals surface area contributed by atoms with Crippen LogP contribution in [0.4, 0.5) is 0 Å². The second-order valence-corrected chi connectivity index (χ2v) is 7.30. The van der Waals surface area contributed by atoms with Gasteiger partial charge in [-0.15, -0.1) is 11.3 Å². The molecule has 3 heterocycles. The monoisotopic (exact) mass is 347 g/mol. The van der Waals surface area contributed by atoms with E-state index in [2.05, 4.69) is 10.4 Å². The molecule has 6 nitrogen and oxygen atoms in total. The van der Waals surface area contributed by atoms with Gasteiger partial charge in [0.15, 0.2) is 0 Å². The maximum absolute atomic E-state index is 12.6. The van der Waals surface area contributed by atoms with Gasteiger partial charge >= 0.3 is 0 Å². The van der Waals surface area contributed by atoms with E-state index >= 15 is 0 Å². The van der Waals surface area contributed by atoms with Gasteiger partial charge in [0, 0.05) is 19.2 Å². The smallest absolute Gasteiger partial charge is 0.267 e. The van der Waals surface area contributed by atoms with Gasteiger partial charge < -0.3 is 10.1 Å². The molecule has 1 amide bonds. The number of hydrogen-bond donors (Lipinski definition) is 1. The minimum Gasteiger partial charge on any atom is -0.376 e. The van der Waals surface area contributed by atoms with Gasteiger partial charge in [-0.1, -0.05) is 6.07 Å². The summed E-state index contributed by atoms with van der Waals surface area (Å²) >= 11 is 1.54. The van der Waals surface area contributed by atoms with Crippen LogP contribution in [-0.4, -0.2) is 34.9 Å². The van der Waals surface area contributed by atoms with E-state index in [9.17, 15) is 9.59 Å². The summed E-state index contributed by atoms with van der Waals surface area (Å²) < 4.78 is 6.77. The number of thiophene rings is 1. The molecule has 1 saturated heterocycles. The molecule has 1 aliphatic heterocycles. The molecule has 0 saturated carbocycles. The summed E-state index contributed by atoms with van der Waals surface area (Å²) in [5.41, 5.74) is -0.694. The summed E-state index contributed by atoms with van der Waals surface area (Å²) in [6, 6.07) is 7.01. The Morgan fingerprint density at radius 3 is 2.96 bits per heavy atom. The third-order valence-electron chi connectivity index (χ3n) is 4.17. The summed E-state index contributed by atoms with van der Waals surface area (Å²) in [5, 5.41) is 9.24. The highest BCUT2D eigenvalue weighted by molar-refractivity contribution is 7.13. The first-order chi connectivity index (χ1) is 11.5. The van der Waals surface area contributed by atoms with Gasteiger partial charge in [0.2, 0.25) is 5.91 Å². The van der Waals surface area contributed by atoms with E-state index in [1.165, 1.54) is 10.7 Å².